The summed E-state index contributed by atoms with van der Waals surface area (Å²) in [7, 11) is 3.10. The maximum atomic E-state index is 12.6. The minimum absolute atomic E-state index is 0.0176. The van der Waals surface area contributed by atoms with Crippen molar-refractivity contribution >= 4 is 17.4 Å². The van der Waals surface area contributed by atoms with Gasteiger partial charge in [-0.1, -0.05) is 5.16 Å². The predicted octanol–water partition coefficient (Wildman–Crippen LogP) is 2.12. The first-order valence-electron chi connectivity index (χ1n) is 11.1. The van der Waals surface area contributed by atoms with Gasteiger partial charge in [0.25, 0.3) is 0 Å². The number of piperazine rings is 1. The Morgan fingerprint density at radius 2 is 1.82 bits per heavy atom. The van der Waals surface area contributed by atoms with Gasteiger partial charge < -0.3 is 28.8 Å². The number of hydrogen-bond donors (Lipinski definition) is 1. The predicted molar refractivity (Wildman–Crippen MR) is 128 cm³/mol. The second-order valence-corrected chi connectivity index (χ2v) is 8.16. The molecule has 4 rings (SSSR count). The fraction of sp³-hybridized carbons (Fsp3) is 0.375. The van der Waals surface area contributed by atoms with Crippen molar-refractivity contribution in [3.05, 3.63) is 64.3 Å². The van der Waals surface area contributed by atoms with Crippen molar-refractivity contribution in [3.8, 4) is 11.5 Å². The minimum Gasteiger partial charge on any atom is -0.497 e. The summed E-state index contributed by atoms with van der Waals surface area (Å²) in [6.45, 7) is 5.70. The Morgan fingerprint density at radius 1 is 1.09 bits per heavy atom. The molecule has 0 saturated carbocycles. The molecule has 3 aromatic rings. The molecular weight excluding hydrogens is 438 g/mol. The molecule has 0 bridgehead atoms. The number of anilines is 2. The van der Waals surface area contributed by atoms with Crippen LogP contribution in [0.1, 0.15) is 11.5 Å². The molecule has 1 amide bonds. The van der Waals surface area contributed by atoms with Gasteiger partial charge in [-0.3, -0.25) is 14.5 Å². The van der Waals surface area contributed by atoms with Gasteiger partial charge in [0.1, 0.15) is 18.1 Å². The van der Waals surface area contributed by atoms with Crippen LogP contribution >= 0.6 is 0 Å². The maximum absolute atomic E-state index is 12.6. The molecule has 1 saturated heterocycles. The minimum atomic E-state index is -0.274. The number of aryl methyl sites for hydroxylation is 1. The van der Waals surface area contributed by atoms with E-state index in [1.54, 1.807) is 36.9 Å². The summed E-state index contributed by atoms with van der Waals surface area (Å²) in [6.07, 6.45) is 1.58. The van der Waals surface area contributed by atoms with E-state index in [0.29, 0.717) is 18.1 Å². The van der Waals surface area contributed by atoms with E-state index in [9.17, 15) is 9.59 Å². The molecule has 0 unspecified atom stereocenters. The lowest BCUT2D eigenvalue weighted by Crippen LogP contribution is -2.46. The SMILES string of the molecule is COc1ccc(N2CCN(Cc3cc(=O)c(OC)cn3CC(=O)Nc3cc(C)on3)CC2)cc1. The highest BCUT2D eigenvalue weighted by molar-refractivity contribution is 5.89. The normalized spacial score (nSPS) is 14.1. The van der Waals surface area contributed by atoms with Crippen molar-refractivity contribution in [2.75, 3.05) is 50.6 Å². The van der Waals surface area contributed by atoms with Gasteiger partial charge in [-0.25, -0.2) is 0 Å². The molecule has 2 aromatic heterocycles. The number of carbonyl (C=O) groups excluding carboxylic acids is 1. The van der Waals surface area contributed by atoms with Crippen molar-refractivity contribution in [2.24, 2.45) is 0 Å². The molecule has 1 N–H and O–H groups in total. The highest BCUT2D eigenvalue weighted by Gasteiger charge is 2.20. The zero-order valence-electron chi connectivity index (χ0n) is 19.6. The molecule has 0 radical (unpaired) electrons. The fourth-order valence-corrected chi connectivity index (χ4v) is 3.98. The zero-order chi connectivity index (χ0) is 24.1. The molecule has 0 spiro atoms. The Kier molecular flexibility index (Phi) is 7.17. The first-order chi connectivity index (χ1) is 16.4. The van der Waals surface area contributed by atoms with Crippen molar-refractivity contribution < 1.29 is 18.8 Å². The van der Waals surface area contributed by atoms with Crippen LogP contribution in [0.25, 0.3) is 0 Å². The lowest BCUT2D eigenvalue weighted by atomic mass is 10.2. The fourth-order valence-electron chi connectivity index (χ4n) is 3.98. The van der Waals surface area contributed by atoms with Crippen LogP contribution in [0.5, 0.6) is 11.5 Å². The highest BCUT2D eigenvalue weighted by Crippen LogP contribution is 2.21. The van der Waals surface area contributed by atoms with Gasteiger partial charge >= 0.3 is 0 Å². The Morgan fingerprint density at radius 3 is 2.44 bits per heavy atom. The Balaban J connectivity index is 1.43. The quantitative estimate of drug-likeness (QED) is 0.538. The second kappa shape index (κ2) is 10.4. The van der Waals surface area contributed by atoms with Crippen molar-refractivity contribution in [1.82, 2.24) is 14.6 Å². The van der Waals surface area contributed by atoms with Gasteiger partial charge in [-0.2, -0.15) is 0 Å². The smallest absolute Gasteiger partial charge is 0.245 e. The van der Waals surface area contributed by atoms with Gasteiger partial charge in [-0.15, -0.1) is 0 Å². The van der Waals surface area contributed by atoms with E-state index in [1.165, 1.54) is 7.11 Å². The molecule has 34 heavy (non-hydrogen) atoms. The molecule has 10 nitrogen and oxygen atoms in total. The highest BCUT2D eigenvalue weighted by atomic mass is 16.5. The monoisotopic (exact) mass is 467 g/mol. The van der Waals surface area contributed by atoms with Crippen LogP contribution in [0.15, 0.2) is 51.9 Å². The van der Waals surface area contributed by atoms with Gasteiger partial charge in [0.05, 0.1) is 20.4 Å². The second-order valence-electron chi connectivity index (χ2n) is 8.16. The number of pyridine rings is 1. The Hall–Kier alpha value is -3.79. The standard InChI is InChI=1S/C24H29N5O5/c1-17-12-23(26-34-17)25-24(31)16-29-15-22(33-3)21(30)13-19(29)14-27-8-10-28(11-9-27)18-4-6-20(32-2)7-5-18/h4-7,12-13,15H,8-11,14,16H2,1-3H3,(H,25,26,31). The Labute approximate surface area is 197 Å². The van der Waals surface area contributed by atoms with Crippen LogP contribution in [0.4, 0.5) is 11.5 Å². The van der Waals surface area contributed by atoms with E-state index in [1.807, 2.05) is 12.1 Å². The number of rotatable bonds is 8. The number of methoxy groups -OCH3 is 2. The van der Waals surface area contributed by atoms with E-state index in [-0.39, 0.29) is 23.6 Å². The first kappa shape index (κ1) is 23.4. The summed E-state index contributed by atoms with van der Waals surface area (Å²) >= 11 is 0. The number of nitrogens with one attached hydrogen (secondary N) is 1. The summed E-state index contributed by atoms with van der Waals surface area (Å²) in [5.41, 5.74) is 1.69. The van der Waals surface area contributed by atoms with Crippen LogP contribution in [-0.2, 0) is 17.9 Å². The number of nitrogens with zero attached hydrogens (tertiary/aromatic N) is 4. The third kappa shape index (κ3) is 5.57. The van der Waals surface area contributed by atoms with Crippen molar-refractivity contribution in [3.63, 3.8) is 0 Å². The van der Waals surface area contributed by atoms with E-state index in [0.717, 1.165) is 43.3 Å². The molecule has 180 valence electrons. The summed E-state index contributed by atoms with van der Waals surface area (Å²) in [6, 6.07) is 11.2. The van der Waals surface area contributed by atoms with Crippen LogP contribution in [0, 0.1) is 6.92 Å². The largest absolute Gasteiger partial charge is 0.497 e. The average molecular weight is 468 g/mol. The number of ether oxygens (including phenoxy) is 2. The number of benzene rings is 1. The van der Waals surface area contributed by atoms with E-state index in [4.69, 9.17) is 14.0 Å². The molecule has 10 heteroatoms. The van der Waals surface area contributed by atoms with Gasteiger partial charge in [0.2, 0.25) is 11.3 Å². The summed E-state index contributed by atoms with van der Waals surface area (Å²) < 4.78 is 17.2. The van der Waals surface area contributed by atoms with Gasteiger partial charge in [-0.05, 0) is 31.2 Å². The first-order valence-corrected chi connectivity index (χ1v) is 11.1. The van der Waals surface area contributed by atoms with Crippen LogP contribution in [-0.4, -0.2) is 60.9 Å². The molecule has 0 aliphatic carbocycles. The number of hydrogen-bond acceptors (Lipinski definition) is 8. The molecule has 0 atom stereocenters. The van der Waals surface area contributed by atoms with Crippen molar-refractivity contribution in [1.29, 1.82) is 0 Å². The molecule has 1 aliphatic rings. The lowest BCUT2D eigenvalue weighted by molar-refractivity contribution is -0.116. The van der Waals surface area contributed by atoms with Gasteiger partial charge in [0, 0.05) is 56.2 Å². The van der Waals surface area contributed by atoms with Crippen LogP contribution in [0.3, 0.4) is 0 Å². The lowest BCUT2D eigenvalue weighted by Gasteiger charge is -2.36. The number of amides is 1. The van der Waals surface area contributed by atoms with Crippen LogP contribution < -0.4 is 25.1 Å². The summed E-state index contributed by atoms with van der Waals surface area (Å²) in [4.78, 5) is 29.6. The third-order valence-corrected chi connectivity index (χ3v) is 5.81. The Bertz CT molecular complexity index is 1180. The topological polar surface area (TPSA) is 102 Å². The number of carbonyl (C=O) groups is 1. The van der Waals surface area contributed by atoms with E-state index in [2.05, 4.69) is 32.4 Å². The van der Waals surface area contributed by atoms with E-state index < -0.39 is 0 Å². The van der Waals surface area contributed by atoms with Crippen molar-refractivity contribution in [2.45, 2.75) is 20.0 Å². The molecule has 3 heterocycles. The maximum Gasteiger partial charge on any atom is 0.245 e. The summed E-state index contributed by atoms with van der Waals surface area (Å²) in [5.74, 6) is 1.71. The average Bonchev–Trinajstić information content (AvgIpc) is 3.25. The van der Waals surface area contributed by atoms with Gasteiger partial charge in [0.15, 0.2) is 11.6 Å². The molecule has 1 fully saturated rings. The molecule has 1 aromatic carbocycles. The molecule has 1 aliphatic heterocycles. The molecular formula is C24H29N5O5. The van der Waals surface area contributed by atoms with E-state index >= 15 is 0 Å². The summed E-state index contributed by atoms with van der Waals surface area (Å²) in [5, 5.41) is 6.51. The third-order valence-electron chi connectivity index (χ3n) is 5.81. The zero-order valence-corrected chi connectivity index (χ0v) is 19.6. The van der Waals surface area contributed by atoms with Crippen LogP contribution in [0.2, 0.25) is 0 Å². The number of aromatic nitrogens is 2.